The van der Waals surface area contributed by atoms with Gasteiger partial charge in [-0.15, -0.1) is 0 Å². The number of esters is 3. The molecule has 0 amide bonds. The lowest BCUT2D eigenvalue weighted by Crippen LogP contribution is -2.30. The lowest BCUT2D eigenvalue weighted by molar-refractivity contribution is -0.167. The second-order valence-corrected chi connectivity index (χ2v) is 17.9. The zero-order valence-electron chi connectivity index (χ0n) is 43.4. The topological polar surface area (TPSA) is 78.9 Å². The van der Waals surface area contributed by atoms with Gasteiger partial charge in [0.15, 0.2) is 6.10 Å². The van der Waals surface area contributed by atoms with Crippen molar-refractivity contribution in [2.45, 2.75) is 245 Å². The minimum Gasteiger partial charge on any atom is -0.462 e. The largest absolute Gasteiger partial charge is 0.462 e. The zero-order chi connectivity index (χ0) is 48.6. The van der Waals surface area contributed by atoms with Gasteiger partial charge in [-0.05, 0) is 83.5 Å². The standard InChI is InChI=1S/C61H100O6/c1-4-7-10-13-16-19-22-25-27-29-31-33-36-39-42-45-48-51-54-60(63)66-57-58(56-65-59(62)53-50-47-44-41-38-35-24-21-18-15-12-9-6-3)67-61(64)55-52-49-46-43-40-37-34-32-30-28-26-23-20-17-14-11-8-5-2/h9-10,12-13,15-16,18-19,21-22,24-25,27,29,31-34,58H,4-8,11,14,17,20,23,26,28,30,35-57H2,1-3H3/b12-9+,13-10+,18-15+,19-16+,24-21+,25-22+,29-27+,33-31+,34-32+. The third-order valence-corrected chi connectivity index (χ3v) is 11.4. The van der Waals surface area contributed by atoms with E-state index in [1.165, 1.54) is 77.0 Å². The molecular weight excluding hydrogens is 829 g/mol. The summed E-state index contributed by atoms with van der Waals surface area (Å²) in [6, 6.07) is 0. The van der Waals surface area contributed by atoms with E-state index >= 15 is 0 Å². The van der Waals surface area contributed by atoms with E-state index in [4.69, 9.17) is 14.2 Å². The maximum Gasteiger partial charge on any atom is 0.306 e. The van der Waals surface area contributed by atoms with Gasteiger partial charge in [0.2, 0.25) is 0 Å². The molecule has 380 valence electrons. The molecule has 0 N–H and O–H groups in total. The highest BCUT2D eigenvalue weighted by atomic mass is 16.6. The summed E-state index contributed by atoms with van der Waals surface area (Å²) >= 11 is 0. The number of hydrogen-bond donors (Lipinski definition) is 0. The van der Waals surface area contributed by atoms with Crippen LogP contribution in [0.2, 0.25) is 0 Å². The molecule has 67 heavy (non-hydrogen) atoms. The van der Waals surface area contributed by atoms with Crippen LogP contribution in [-0.2, 0) is 28.6 Å². The smallest absolute Gasteiger partial charge is 0.306 e. The highest BCUT2D eigenvalue weighted by Gasteiger charge is 2.19. The van der Waals surface area contributed by atoms with E-state index in [0.717, 1.165) is 122 Å². The van der Waals surface area contributed by atoms with Crippen LogP contribution in [0.1, 0.15) is 239 Å². The quantitative estimate of drug-likeness (QED) is 0.0199. The molecule has 0 aliphatic heterocycles. The van der Waals surface area contributed by atoms with Crippen molar-refractivity contribution in [2.75, 3.05) is 13.2 Å². The predicted octanol–water partition coefficient (Wildman–Crippen LogP) is 18.3. The van der Waals surface area contributed by atoms with Crippen LogP contribution in [0, 0.1) is 0 Å². The second-order valence-electron chi connectivity index (χ2n) is 17.9. The fraction of sp³-hybridized carbons (Fsp3) is 0.656. The molecule has 0 radical (unpaired) electrons. The maximum atomic E-state index is 12.8. The van der Waals surface area contributed by atoms with Gasteiger partial charge in [0.05, 0.1) is 0 Å². The van der Waals surface area contributed by atoms with E-state index in [1.54, 1.807) is 0 Å². The first-order valence-corrected chi connectivity index (χ1v) is 27.5. The van der Waals surface area contributed by atoms with E-state index < -0.39 is 6.10 Å². The summed E-state index contributed by atoms with van der Waals surface area (Å²) in [6.45, 7) is 6.37. The number of carbonyl (C=O) groups excluding carboxylic acids is 3. The van der Waals surface area contributed by atoms with E-state index in [0.29, 0.717) is 19.3 Å². The highest BCUT2D eigenvalue weighted by Crippen LogP contribution is 2.14. The molecule has 0 rings (SSSR count). The Labute approximate surface area is 412 Å². The van der Waals surface area contributed by atoms with Crippen LogP contribution in [0.4, 0.5) is 0 Å². The Balaban J connectivity index is 4.48. The lowest BCUT2D eigenvalue weighted by atomic mass is 10.1. The molecule has 0 fully saturated rings. The molecule has 0 aliphatic carbocycles. The Hall–Kier alpha value is -3.93. The van der Waals surface area contributed by atoms with Gasteiger partial charge in [-0.3, -0.25) is 14.4 Å². The van der Waals surface area contributed by atoms with Crippen LogP contribution >= 0.6 is 0 Å². The summed E-state index contributed by atoms with van der Waals surface area (Å²) in [5, 5.41) is 0. The van der Waals surface area contributed by atoms with Gasteiger partial charge in [0.25, 0.3) is 0 Å². The Bertz CT molecular complexity index is 1390. The summed E-state index contributed by atoms with van der Waals surface area (Å²) in [4.78, 5) is 38.1. The summed E-state index contributed by atoms with van der Waals surface area (Å²) in [5.41, 5.74) is 0. The summed E-state index contributed by atoms with van der Waals surface area (Å²) in [6.07, 6.45) is 73.5. The van der Waals surface area contributed by atoms with Crippen LogP contribution in [-0.4, -0.2) is 37.2 Å². The van der Waals surface area contributed by atoms with Crippen LogP contribution in [0.15, 0.2) is 109 Å². The van der Waals surface area contributed by atoms with Crippen molar-refractivity contribution in [3.63, 3.8) is 0 Å². The second kappa shape index (κ2) is 54.7. The Kier molecular flexibility index (Phi) is 51.5. The monoisotopic (exact) mass is 929 g/mol. The average Bonchev–Trinajstić information content (AvgIpc) is 3.33. The Morgan fingerprint density at radius 1 is 0.313 bits per heavy atom. The number of allylic oxidation sites excluding steroid dienone is 18. The van der Waals surface area contributed by atoms with Crippen molar-refractivity contribution in [1.29, 1.82) is 0 Å². The molecule has 1 atom stereocenters. The van der Waals surface area contributed by atoms with Gasteiger partial charge >= 0.3 is 17.9 Å². The summed E-state index contributed by atoms with van der Waals surface area (Å²) in [5.74, 6) is -0.956. The van der Waals surface area contributed by atoms with Crippen molar-refractivity contribution in [2.24, 2.45) is 0 Å². The molecular formula is C61H100O6. The first-order chi connectivity index (χ1) is 33.0. The van der Waals surface area contributed by atoms with Gasteiger partial charge in [0, 0.05) is 19.3 Å². The fourth-order valence-electron chi connectivity index (χ4n) is 7.29. The number of carbonyl (C=O) groups is 3. The summed E-state index contributed by atoms with van der Waals surface area (Å²) < 4.78 is 16.8. The summed E-state index contributed by atoms with van der Waals surface area (Å²) in [7, 11) is 0. The van der Waals surface area contributed by atoms with Crippen molar-refractivity contribution in [1.82, 2.24) is 0 Å². The molecule has 6 heteroatoms. The van der Waals surface area contributed by atoms with Gasteiger partial charge in [-0.25, -0.2) is 0 Å². The maximum absolute atomic E-state index is 12.8. The van der Waals surface area contributed by atoms with Crippen LogP contribution < -0.4 is 0 Å². The lowest BCUT2D eigenvalue weighted by Gasteiger charge is -2.18. The highest BCUT2D eigenvalue weighted by molar-refractivity contribution is 5.71. The fourth-order valence-corrected chi connectivity index (χ4v) is 7.29. The molecule has 0 heterocycles. The number of ether oxygens (including phenoxy) is 3. The molecule has 0 aromatic carbocycles. The molecule has 0 saturated heterocycles. The zero-order valence-corrected chi connectivity index (χ0v) is 43.4. The molecule has 0 aromatic heterocycles. The minimum atomic E-state index is -0.804. The first kappa shape index (κ1) is 63.1. The minimum absolute atomic E-state index is 0.102. The normalized spacial score (nSPS) is 12.9. The molecule has 0 spiro atoms. The molecule has 0 bridgehead atoms. The van der Waals surface area contributed by atoms with Crippen molar-refractivity contribution >= 4 is 17.9 Å². The Morgan fingerprint density at radius 2 is 0.627 bits per heavy atom. The van der Waals surface area contributed by atoms with E-state index in [-0.39, 0.29) is 31.1 Å². The van der Waals surface area contributed by atoms with E-state index in [1.807, 2.05) is 24.3 Å². The number of rotatable bonds is 48. The van der Waals surface area contributed by atoms with Gasteiger partial charge < -0.3 is 14.2 Å². The third kappa shape index (κ3) is 52.9. The molecule has 0 aliphatic rings. The Morgan fingerprint density at radius 3 is 1.01 bits per heavy atom. The number of unbranched alkanes of at least 4 members (excludes halogenated alkanes) is 25. The predicted molar refractivity (Wildman–Crippen MR) is 288 cm³/mol. The van der Waals surface area contributed by atoms with Crippen molar-refractivity contribution in [3.05, 3.63) is 109 Å². The van der Waals surface area contributed by atoms with Crippen LogP contribution in [0.3, 0.4) is 0 Å². The van der Waals surface area contributed by atoms with Gasteiger partial charge in [-0.1, -0.05) is 246 Å². The average molecular weight is 929 g/mol. The van der Waals surface area contributed by atoms with Crippen molar-refractivity contribution < 1.29 is 28.6 Å². The molecule has 6 nitrogen and oxygen atoms in total. The van der Waals surface area contributed by atoms with Gasteiger partial charge in [-0.2, -0.15) is 0 Å². The molecule has 1 unspecified atom stereocenters. The van der Waals surface area contributed by atoms with Crippen LogP contribution in [0.5, 0.6) is 0 Å². The number of hydrogen-bond acceptors (Lipinski definition) is 6. The van der Waals surface area contributed by atoms with Crippen LogP contribution in [0.25, 0.3) is 0 Å². The molecule has 0 aromatic rings. The van der Waals surface area contributed by atoms with E-state index in [9.17, 15) is 14.4 Å². The third-order valence-electron chi connectivity index (χ3n) is 11.4. The molecule has 0 saturated carbocycles. The van der Waals surface area contributed by atoms with Crippen molar-refractivity contribution in [3.8, 4) is 0 Å². The van der Waals surface area contributed by atoms with E-state index in [2.05, 4.69) is 106 Å². The first-order valence-electron chi connectivity index (χ1n) is 27.5. The SMILES string of the molecule is CC/C=C/C=C/C=C/CCCCCCCC(=O)OCC(COC(=O)CCCCCCC/C=C/C=C/C=C/C=C/C=C/CCC)OC(=O)CCCCCCC/C=C/CCCCCCCCCCC. The van der Waals surface area contributed by atoms with Gasteiger partial charge in [0.1, 0.15) is 13.2 Å².